The molecule has 1 saturated heterocycles. The Kier molecular flexibility index (Phi) is 7.38. The number of aliphatic imine (C=N–C) groups is 1. The first-order valence-corrected chi connectivity index (χ1v) is 10.7. The van der Waals surface area contributed by atoms with E-state index in [2.05, 4.69) is 38.0 Å². The van der Waals surface area contributed by atoms with Gasteiger partial charge in [-0.3, -0.25) is 4.99 Å². The summed E-state index contributed by atoms with van der Waals surface area (Å²) in [7, 11) is 0. The molecule has 1 atom stereocenters. The minimum absolute atomic E-state index is 0.271. The number of guanidine groups is 1. The van der Waals surface area contributed by atoms with Crippen molar-refractivity contribution in [2.24, 2.45) is 4.99 Å². The highest BCUT2D eigenvalue weighted by atomic mass is 35.5. The Morgan fingerprint density at radius 3 is 2.74 bits per heavy atom. The molecule has 1 fully saturated rings. The number of benzene rings is 1. The largest absolute Gasteiger partial charge is 0.386 e. The first-order chi connectivity index (χ1) is 13.2. The third-order valence-corrected chi connectivity index (χ3v) is 5.96. The molecule has 1 aliphatic rings. The van der Waals surface area contributed by atoms with Crippen LogP contribution >= 0.6 is 22.9 Å². The summed E-state index contributed by atoms with van der Waals surface area (Å²) < 4.78 is 0. The van der Waals surface area contributed by atoms with E-state index in [1.165, 1.54) is 5.00 Å². The number of piperidine rings is 1. The summed E-state index contributed by atoms with van der Waals surface area (Å²) in [4.78, 5) is 7.01. The first-order valence-electron chi connectivity index (χ1n) is 9.43. The van der Waals surface area contributed by atoms with Crippen LogP contribution in [0.5, 0.6) is 0 Å². The molecule has 5 nitrogen and oxygen atoms in total. The average Bonchev–Trinajstić information content (AvgIpc) is 3.22. The van der Waals surface area contributed by atoms with E-state index in [0.717, 1.165) is 38.4 Å². The zero-order valence-corrected chi connectivity index (χ0v) is 17.1. The zero-order valence-electron chi connectivity index (χ0n) is 15.6. The molecular formula is C20H27ClN4OS. The normalized spacial score (nSPS) is 17.0. The van der Waals surface area contributed by atoms with Gasteiger partial charge in [0.05, 0.1) is 11.5 Å². The Balaban J connectivity index is 1.54. The maximum atomic E-state index is 10.4. The fourth-order valence-corrected chi connectivity index (χ4v) is 4.28. The highest BCUT2D eigenvalue weighted by Gasteiger charge is 2.21. The Morgan fingerprint density at radius 1 is 1.30 bits per heavy atom. The standard InChI is InChI=1S/C20H27ClN4OS/c1-2-22-20(23-14-18(26)16-6-3-4-7-17(16)21)24-15-9-11-25(12-10-15)19-8-5-13-27-19/h3-8,13,15,18,26H,2,9-12,14H2,1H3,(H2,22,23,24). The number of nitrogens with one attached hydrogen (secondary N) is 2. The van der Waals surface area contributed by atoms with Gasteiger partial charge in [-0.1, -0.05) is 29.8 Å². The lowest BCUT2D eigenvalue weighted by Crippen LogP contribution is -2.48. The summed E-state index contributed by atoms with van der Waals surface area (Å²) in [6.07, 6.45) is 1.42. The average molecular weight is 407 g/mol. The maximum Gasteiger partial charge on any atom is 0.191 e. The third-order valence-electron chi connectivity index (χ3n) is 4.68. The van der Waals surface area contributed by atoms with E-state index in [4.69, 9.17) is 11.6 Å². The van der Waals surface area contributed by atoms with E-state index in [1.54, 1.807) is 17.4 Å². The van der Waals surface area contributed by atoms with Crippen molar-refractivity contribution in [2.75, 3.05) is 31.1 Å². The topological polar surface area (TPSA) is 59.9 Å². The monoisotopic (exact) mass is 406 g/mol. The van der Waals surface area contributed by atoms with Crippen LogP contribution in [0.2, 0.25) is 5.02 Å². The molecule has 27 heavy (non-hydrogen) atoms. The van der Waals surface area contributed by atoms with Crippen LogP contribution in [0.4, 0.5) is 5.00 Å². The van der Waals surface area contributed by atoms with Crippen molar-refractivity contribution in [3.63, 3.8) is 0 Å². The molecule has 1 aliphatic heterocycles. The summed E-state index contributed by atoms with van der Waals surface area (Å²) in [5, 5.41) is 21.2. The Morgan fingerprint density at radius 2 is 2.07 bits per heavy atom. The van der Waals surface area contributed by atoms with Crippen molar-refractivity contribution in [3.8, 4) is 0 Å². The number of thiophene rings is 1. The van der Waals surface area contributed by atoms with Crippen LogP contribution in [-0.2, 0) is 0 Å². The molecule has 3 rings (SSSR count). The highest BCUT2D eigenvalue weighted by molar-refractivity contribution is 7.14. The van der Waals surface area contributed by atoms with Crippen molar-refractivity contribution < 1.29 is 5.11 Å². The second-order valence-corrected chi connectivity index (χ2v) is 7.95. The molecule has 146 valence electrons. The van der Waals surface area contributed by atoms with Gasteiger partial charge in [0.1, 0.15) is 6.10 Å². The van der Waals surface area contributed by atoms with Gasteiger partial charge in [0.15, 0.2) is 5.96 Å². The van der Waals surface area contributed by atoms with Gasteiger partial charge in [-0.2, -0.15) is 0 Å². The number of aliphatic hydroxyl groups is 1. The molecular weight excluding hydrogens is 380 g/mol. The summed E-state index contributed by atoms with van der Waals surface area (Å²) in [5.41, 5.74) is 0.711. The molecule has 0 amide bonds. The first kappa shape index (κ1) is 20.0. The molecule has 0 aliphatic carbocycles. The molecule has 7 heteroatoms. The van der Waals surface area contributed by atoms with Crippen LogP contribution in [0.1, 0.15) is 31.4 Å². The van der Waals surface area contributed by atoms with Crippen LogP contribution in [0, 0.1) is 0 Å². The molecule has 0 bridgehead atoms. The van der Waals surface area contributed by atoms with Gasteiger partial charge in [0, 0.05) is 36.3 Å². The van der Waals surface area contributed by atoms with Crippen LogP contribution < -0.4 is 15.5 Å². The molecule has 3 N–H and O–H groups in total. The van der Waals surface area contributed by atoms with E-state index in [1.807, 2.05) is 25.1 Å². The number of anilines is 1. The second kappa shape index (κ2) is 9.97. The van der Waals surface area contributed by atoms with Gasteiger partial charge >= 0.3 is 0 Å². The minimum Gasteiger partial charge on any atom is -0.386 e. The van der Waals surface area contributed by atoms with Crippen molar-refractivity contribution in [3.05, 3.63) is 52.4 Å². The lowest BCUT2D eigenvalue weighted by molar-refractivity contribution is 0.187. The summed E-state index contributed by atoms with van der Waals surface area (Å²) in [6, 6.07) is 12.0. The summed E-state index contributed by atoms with van der Waals surface area (Å²) in [6.45, 7) is 5.18. The van der Waals surface area contributed by atoms with Crippen LogP contribution in [0.3, 0.4) is 0 Å². The van der Waals surface area contributed by atoms with Crippen LogP contribution in [0.25, 0.3) is 0 Å². The van der Waals surface area contributed by atoms with Crippen LogP contribution in [-0.4, -0.2) is 43.3 Å². The number of hydrogen-bond acceptors (Lipinski definition) is 4. The SMILES string of the molecule is CCNC(=NCC(O)c1ccccc1Cl)NC1CCN(c2cccs2)CC1. The second-order valence-electron chi connectivity index (χ2n) is 6.61. The van der Waals surface area contributed by atoms with Gasteiger partial charge in [-0.25, -0.2) is 0 Å². The molecule has 2 heterocycles. The fraction of sp³-hybridized carbons (Fsp3) is 0.450. The number of hydrogen-bond donors (Lipinski definition) is 3. The van der Waals surface area contributed by atoms with Crippen molar-refractivity contribution >= 4 is 33.9 Å². The predicted molar refractivity (Wildman–Crippen MR) is 115 cm³/mol. The molecule has 0 spiro atoms. The number of nitrogens with zero attached hydrogens (tertiary/aromatic N) is 2. The molecule has 1 unspecified atom stereocenters. The molecule has 0 radical (unpaired) electrons. The fourth-order valence-electron chi connectivity index (χ4n) is 3.23. The lowest BCUT2D eigenvalue weighted by Gasteiger charge is -2.33. The van der Waals surface area contributed by atoms with Gasteiger partial charge in [0.2, 0.25) is 0 Å². The minimum atomic E-state index is -0.713. The maximum absolute atomic E-state index is 10.4. The lowest BCUT2D eigenvalue weighted by atomic mass is 10.1. The Labute approximate surface area is 170 Å². The van der Waals surface area contributed by atoms with E-state index >= 15 is 0 Å². The molecule has 1 aromatic heterocycles. The van der Waals surface area contributed by atoms with Gasteiger partial charge in [0.25, 0.3) is 0 Å². The highest BCUT2D eigenvalue weighted by Crippen LogP contribution is 2.25. The number of rotatable bonds is 6. The quantitative estimate of drug-likeness (QED) is 0.506. The third kappa shape index (κ3) is 5.61. The van der Waals surface area contributed by atoms with Crippen molar-refractivity contribution in [1.29, 1.82) is 0 Å². The van der Waals surface area contributed by atoms with Crippen molar-refractivity contribution in [1.82, 2.24) is 10.6 Å². The van der Waals surface area contributed by atoms with Gasteiger partial charge in [-0.05, 0) is 43.3 Å². The molecule has 2 aromatic rings. The number of halogens is 1. The van der Waals surface area contributed by atoms with Crippen LogP contribution in [0.15, 0.2) is 46.8 Å². The summed E-state index contributed by atoms with van der Waals surface area (Å²) in [5.74, 6) is 0.748. The smallest absolute Gasteiger partial charge is 0.191 e. The predicted octanol–water partition coefficient (Wildman–Crippen LogP) is 3.66. The van der Waals surface area contributed by atoms with Crippen molar-refractivity contribution in [2.45, 2.75) is 31.9 Å². The van der Waals surface area contributed by atoms with E-state index in [0.29, 0.717) is 16.6 Å². The van der Waals surface area contributed by atoms with Gasteiger partial charge < -0.3 is 20.6 Å². The van der Waals surface area contributed by atoms with E-state index in [9.17, 15) is 5.11 Å². The Hall–Kier alpha value is -1.76. The summed E-state index contributed by atoms with van der Waals surface area (Å²) >= 11 is 7.96. The zero-order chi connectivity index (χ0) is 19.1. The molecule has 1 aromatic carbocycles. The molecule has 0 saturated carbocycles. The number of aliphatic hydroxyl groups excluding tert-OH is 1. The van der Waals surface area contributed by atoms with Gasteiger partial charge in [-0.15, -0.1) is 11.3 Å². The Bertz CT molecular complexity index is 729. The van der Waals surface area contributed by atoms with E-state index in [-0.39, 0.29) is 6.54 Å². The van der Waals surface area contributed by atoms with E-state index < -0.39 is 6.10 Å².